The number of aromatic nitrogens is 6. The summed E-state index contributed by atoms with van der Waals surface area (Å²) < 4.78 is 8.48. The third-order valence-corrected chi connectivity index (χ3v) is 6.38. The van der Waals surface area contributed by atoms with Gasteiger partial charge in [0.05, 0.1) is 27.6 Å². The Balaban J connectivity index is 1.30. The van der Waals surface area contributed by atoms with E-state index in [0.717, 1.165) is 45.0 Å². The highest BCUT2D eigenvalue weighted by molar-refractivity contribution is 9.10. The van der Waals surface area contributed by atoms with Gasteiger partial charge in [0.15, 0.2) is 6.61 Å². The fraction of sp³-hybridized carbons (Fsp3) is 0.192. The van der Waals surface area contributed by atoms with Crippen molar-refractivity contribution in [1.29, 1.82) is 0 Å². The van der Waals surface area contributed by atoms with Crippen molar-refractivity contribution in [1.82, 2.24) is 35.7 Å². The number of aromatic amines is 1. The molecule has 0 fully saturated rings. The molecule has 0 unspecified atom stereocenters. The van der Waals surface area contributed by atoms with E-state index in [0.29, 0.717) is 23.7 Å². The maximum Gasteiger partial charge on any atom is 0.255 e. The summed E-state index contributed by atoms with van der Waals surface area (Å²) in [6.45, 7) is 2.72. The molecule has 10 heteroatoms. The molecule has 2 N–H and O–H groups in total. The van der Waals surface area contributed by atoms with Crippen molar-refractivity contribution in [2.24, 2.45) is 0 Å². The Morgan fingerprint density at radius 2 is 1.97 bits per heavy atom. The fourth-order valence-corrected chi connectivity index (χ4v) is 4.49. The lowest BCUT2D eigenvalue weighted by Crippen LogP contribution is -2.24. The first-order valence-corrected chi connectivity index (χ1v) is 12.4. The molecule has 0 aliphatic rings. The summed E-state index contributed by atoms with van der Waals surface area (Å²) in [6, 6.07) is 19.9. The van der Waals surface area contributed by atoms with Crippen molar-refractivity contribution in [2.75, 3.05) is 0 Å². The maximum atomic E-state index is 13.1. The molecule has 0 spiro atoms. The van der Waals surface area contributed by atoms with Gasteiger partial charge in [-0.15, -0.1) is 10.2 Å². The topological polar surface area (TPSA) is 111 Å². The van der Waals surface area contributed by atoms with Gasteiger partial charge < -0.3 is 10.1 Å². The highest BCUT2D eigenvalue weighted by Crippen LogP contribution is 2.31. The Morgan fingerprint density at radius 3 is 2.75 bits per heavy atom. The van der Waals surface area contributed by atoms with Crippen LogP contribution >= 0.6 is 15.9 Å². The minimum Gasteiger partial charge on any atom is -0.484 e. The number of tetrazole rings is 1. The van der Waals surface area contributed by atoms with E-state index in [1.807, 2.05) is 59.3 Å². The van der Waals surface area contributed by atoms with Crippen LogP contribution in [0.25, 0.3) is 16.5 Å². The van der Waals surface area contributed by atoms with E-state index in [4.69, 9.17) is 4.74 Å². The lowest BCUT2D eigenvalue weighted by molar-refractivity contribution is 0.0950. The molecule has 9 nitrogen and oxygen atoms in total. The zero-order chi connectivity index (χ0) is 24.9. The molecular weight excluding hydrogens is 522 g/mol. The Labute approximate surface area is 216 Å². The van der Waals surface area contributed by atoms with Gasteiger partial charge in [-0.3, -0.25) is 4.79 Å². The zero-order valence-electron chi connectivity index (χ0n) is 19.6. The van der Waals surface area contributed by atoms with E-state index >= 15 is 0 Å². The van der Waals surface area contributed by atoms with Gasteiger partial charge >= 0.3 is 0 Å². The lowest BCUT2D eigenvalue weighted by atomic mass is 10.1. The van der Waals surface area contributed by atoms with Crippen molar-refractivity contribution in [3.05, 3.63) is 94.0 Å². The van der Waals surface area contributed by atoms with E-state index in [1.54, 1.807) is 6.20 Å². The lowest BCUT2D eigenvalue weighted by Gasteiger charge is -2.11. The van der Waals surface area contributed by atoms with Crippen LogP contribution in [-0.4, -0.2) is 36.3 Å². The van der Waals surface area contributed by atoms with E-state index in [1.165, 1.54) is 0 Å². The molecule has 182 valence electrons. The van der Waals surface area contributed by atoms with Gasteiger partial charge in [-0.2, -0.15) is 10.3 Å². The number of halogens is 1. The third kappa shape index (κ3) is 5.13. The van der Waals surface area contributed by atoms with Gasteiger partial charge in [-0.1, -0.05) is 48.9 Å². The molecule has 0 saturated heterocycles. The third-order valence-electron chi connectivity index (χ3n) is 5.76. The highest BCUT2D eigenvalue weighted by Gasteiger charge is 2.18. The van der Waals surface area contributed by atoms with E-state index in [2.05, 4.69) is 60.0 Å². The molecule has 5 rings (SSSR count). The molecule has 0 bridgehead atoms. The van der Waals surface area contributed by atoms with Crippen molar-refractivity contribution in [3.8, 4) is 11.4 Å². The molecule has 36 heavy (non-hydrogen) atoms. The summed E-state index contributed by atoms with van der Waals surface area (Å²) in [7, 11) is 0. The molecule has 2 heterocycles. The number of benzene rings is 3. The number of H-pyrrole nitrogens is 1. The molecule has 0 radical (unpaired) electrons. The second-order valence-electron chi connectivity index (χ2n) is 8.27. The van der Waals surface area contributed by atoms with Crippen LogP contribution in [0.15, 0.2) is 71.3 Å². The molecular formula is C26H24BrN7O2. The van der Waals surface area contributed by atoms with Crippen LogP contribution in [-0.2, 0) is 19.6 Å². The number of hydrogen-bond acceptors (Lipinski definition) is 6. The van der Waals surface area contributed by atoms with Gasteiger partial charge in [-0.25, -0.2) is 4.68 Å². The molecule has 1 amide bonds. The zero-order valence-corrected chi connectivity index (χ0v) is 21.2. The van der Waals surface area contributed by atoms with Gasteiger partial charge in [-0.05, 0) is 69.0 Å². The van der Waals surface area contributed by atoms with Crippen molar-refractivity contribution >= 4 is 32.6 Å². The first kappa shape index (κ1) is 23.7. The van der Waals surface area contributed by atoms with E-state index in [-0.39, 0.29) is 12.5 Å². The highest BCUT2D eigenvalue weighted by atomic mass is 79.9. The van der Waals surface area contributed by atoms with Crippen molar-refractivity contribution < 1.29 is 9.53 Å². The average molecular weight is 546 g/mol. The van der Waals surface area contributed by atoms with E-state index in [9.17, 15) is 4.79 Å². The Bertz CT molecular complexity index is 1480. The number of carbonyl (C=O) groups excluding carboxylic acids is 1. The monoisotopic (exact) mass is 545 g/mol. The van der Waals surface area contributed by atoms with Gasteiger partial charge in [0.1, 0.15) is 5.75 Å². The number of nitrogens with one attached hydrogen (secondary N) is 2. The van der Waals surface area contributed by atoms with E-state index < -0.39 is 0 Å². The van der Waals surface area contributed by atoms with Gasteiger partial charge in [0.25, 0.3) is 5.91 Å². The summed E-state index contributed by atoms with van der Waals surface area (Å²) in [6.07, 6.45) is 3.33. The summed E-state index contributed by atoms with van der Waals surface area (Å²) in [4.78, 5) is 13.1. The van der Waals surface area contributed by atoms with Crippen LogP contribution in [0.1, 0.15) is 40.8 Å². The number of fused-ring (bicyclic) bond motifs is 1. The van der Waals surface area contributed by atoms with Crippen LogP contribution in [0.4, 0.5) is 0 Å². The predicted octanol–water partition coefficient (Wildman–Crippen LogP) is 4.76. The number of carbonyl (C=O) groups is 1. The van der Waals surface area contributed by atoms with Crippen molar-refractivity contribution in [2.45, 2.75) is 32.9 Å². The minimum atomic E-state index is -0.132. The summed E-state index contributed by atoms with van der Waals surface area (Å²) in [5.74, 6) is 1.03. The number of hydrogen-bond donors (Lipinski definition) is 2. The average Bonchev–Trinajstić information content (AvgIpc) is 3.57. The first-order chi connectivity index (χ1) is 17.6. The first-order valence-electron chi connectivity index (χ1n) is 11.6. The molecule has 2 aromatic heterocycles. The largest absolute Gasteiger partial charge is 0.484 e. The van der Waals surface area contributed by atoms with Crippen LogP contribution < -0.4 is 10.1 Å². The normalized spacial score (nSPS) is 11.1. The maximum absolute atomic E-state index is 13.1. The minimum absolute atomic E-state index is 0.132. The van der Waals surface area contributed by atoms with Crippen molar-refractivity contribution in [3.63, 3.8) is 0 Å². The Hall–Kier alpha value is -4.05. The van der Waals surface area contributed by atoms with Crippen LogP contribution in [0, 0.1) is 0 Å². The molecule has 5 aromatic rings. The number of rotatable bonds is 9. The molecule has 0 saturated carbocycles. The SMILES string of the molecule is CCCc1c(C(=O)NCc2ccc3cc(OCc4nn[nH]n4)c(Br)cc3c2)cnn1-c1ccccc1. The second-order valence-corrected chi connectivity index (χ2v) is 9.12. The molecule has 0 atom stereocenters. The number of para-hydroxylation sites is 1. The van der Waals surface area contributed by atoms with Crippen LogP contribution in [0.3, 0.4) is 0 Å². The van der Waals surface area contributed by atoms with Gasteiger partial charge in [0, 0.05) is 6.54 Å². The quantitative estimate of drug-likeness (QED) is 0.276. The number of ether oxygens (including phenoxy) is 1. The van der Waals surface area contributed by atoms with Crippen LogP contribution in [0.2, 0.25) is 0 Å². The number of amides is 1. The summed E-state index contributed by atoms with van der Waals surface area (Å²) in [5, 5.41) is 23.3. The Kier molecular flexibility index (Phi) is 7.03. The van der Waals surface area contributed by atoms with Crippen LogP contribution in [0.5, 0.6) is 5.75 Å². The summed E-state index contributed by atoms with van der Waals surface area (Å²) in [5.41, 5.74) is 3.46. The number of nitrogens with zero attached hydrogens (tertiary/aromatic N) is 5. The fourth-order valence-electron chi connectivity index (χ4n) is 4.02. The molecule has 3 aromatic carbocycles. The molecule has 0 aliphatic carbocycles. The predicted molar refractivity (Wildman–Crippen MR) is 139 cm³/mol. The Morgan fingerprint density at radius 1 is 1.11 bits per heavy atom. The second kappa shape index (κ2) is 10.7. The standard InChI is InChI=1S/C26H24BrN7O2/c1-2-6-23-21(15-29-34(23)20-7-4-3-5-8-20)26(35)28-14-17-9-10-18-13-24(22(27)12-19(18)11-17)36-16-25-30-32-33-31-25/h3-5,7-13,15H,2,6,14,16H2,1H3,(H,28,35)(H,30,31,32,33). The van der Waals surface area contributed by atoms with Gasteiger partial charge in [0.2, 0.25) is 5.82 Å². The smallest absolute Gasteiger partial charge is 0.255 e. The summed E-state index contributed by atoms with van der Waals surface area (Å²) >= 11 is 3.58. The molecule has 0 aliphatic heterocycles.